The first kappa shape index (κ1) is 16.7. The molecule has 0 unspecified atom stereocenters. The van der Waals surface area contributed by atoms with Crippen molar-refractivity contribution in [3.63, 3.8) is 0 Å². The van der Waals surface area contributed by atoms with Crippen LogP contribution in [-0.2, 0) is 0 Å². The third kappa shape index (κ3) is 2.66. The van der Waals surface area contributed by atoms with Crippen molar-refractivity contribution in [1.29, 1.82) is 5.26 Å². The minimum Gasteiger partial charge on any atom is -0.371 e. The molecule has 0 bridgehead atoms. The topological polar surface area (TPSA) is 106 Å². The number of aromatic nitrogens is 4. The number of benzene rings is 1. The summed E-state index contributed by atoms with van der Waals surface area (Å²) < 4.78 is 4.42. The van der Waals surface area contributed by atoms with Crippen LogP contribution < -0.4 is 13.7 Å². The van der Waals surface area contributed by atoms with Crippen LogP contribution in [0.3, 0.4) is 0 Å². The number of aromatic amines is 1. The van der Waals surface area contributed by atoms with Gasteiger partial charge in [-0.2, -0.15) is 15.2 Å². The van der Waals surface area contributed by atoms with Crippen LogP contribution in [0.1, 0.15) is 19.4 Å². The summed E-state index contributed by atoms with van der Waals surface area (Å²) in [5.74, 6) is 1.16. The van der Waals surface area contributed by atoms with Gasteiger partial charge in [0.1, 0.15) is 11.1 Å². The number of anilines is 4. The van der Waals surface area contributed by atoms with Crippen LogP contribution in [0.15, 0.2) is 24.5 Å². The van der Waals surface area contributed by atoms with Gasteiger partial charge in [0.2, 0.25) is 5.95 Å². The summed E-state index contributed by atoms with van der Waals surface area (Å²) in [6, 6.07) is 8.43. The van der Waals surface area contributed by atoms with E-state index in [-0.39, 0.29) is 0 Å². The number of hydrogen-bond donors (Lipinski definition) is 3. The van der Waals surface area contributed by atoms with Gasteiger partial charge in [0.15, 0.2) is 11.5 Å². The van der Waals surface area contributed by atoms with Crippen molar-refractivity contribution in [3.8, 4) is 6.07 Å². The molecule has 3 N–H and O–H groups in total. The number of nitrogens with zero attached hydrogens (tertiary/aromatic N) is 5. The van der Waals surface area contributed by atoms with E-state index in [2.05, 4.69) is 49.8 Å². The Kier molecular flexibility index (Phi) is 3.99. The van der Waals surface area contributed by atoms with Crippen LogP contribution in [0.2, 0.25) is 0 Å². The Balaban J connectivity index is 1.74. The maximum absolute atomic E-state index is 9.48. The zero-order valence-corrected chi connectivity index (χ0v) is 16.7. The van der Waals surface area contributed by atoms with Crippen LogP contribution in [0.25, 0.3) is 11.2 Å². The highest BCUT2D eigenvalue weighted by Gasteiger charge is 2.31. The van der Waals surface area contributed by atoms with E-state index in [0.717, 1.165) is 22.5 Å². The third-order valence-electron chi connectivity index (χ3n) is 4.08. The molecule has 4 rings (SSSR count). The third-order valence-corrected chi connectivity index (χ3v) is 7.27. The molecular weight excluding hydrogens is 443 g/mol. The average molecular weight is 460 g/mol. The minimum atomic E-state index is -0.530. The lowest BCUT2D eigenvalue weighted by Crippen LogP contribution is -2.34. The molecule has 1 aliphatic heterocycles. The summed E-state index contributed by atoms with van der Waals surface area (Å²) in [5.41, 5.74) is 3.94. The number of imidazole rings is 1. The summed E-state index contributed by atoms with van der Waals surface area (Å²) in [4.78, 5) is 16.3. The van der Waals surface area contributed by atoms with E-state index in [9.17, 15) is 5.26 Å². The van der Waals surface area contributed by atoms with Gasteiger partial charge in [0.05, 0.1) is 23.8 Å². The lowest BCUT2D eigenvalue weighted by Gasteiger charge is -2.29. The van der Waals surface area contributed by atoms with Crippen molar-refractivity contribution in [2.75, 3.05) is 20.8 Å². The highest BCUT2D eigenvalue weighted by molar-refractivity contribution is 14.2. The fraction of sp³-hybridized carbons (Fsp3) is 0.235. The van der Waals surface area contributed by atoms with E-state index >= 15 is 0 Å². The quantitative estimate of drug-likeness (QED) is 0.405. The molecule has 0 aliphatic carbocycles. The smallest absolute Gasteiger partial charge is 0.231 e. The normalized spacial score (nSPS) is 13.2. The summed E-state index contributed by atoms with van der Waals surface area (Å²) in [7, 11) is 1.81. The second-order valence-electron chi connectivity index (χ2n) is 6.27. The van der Waals surface area contributed by atoms with Crippen molar-refractivity contribution in [3.05, 3.63) is 30.1 Å². The Morgan fingerprint density at radius 2 is 2.15 bits per heavy atom. The van der Waals surface area contributed by atoms with E-state index in [1.807, 2.05) is 33.0 Å². The van der Waals surface area contributed by atoms with Gasteiger partial charge in [0, 0.05) is 33.6 Å². The van der Waals surface area contributed by atoms with Crippen LogP contribution in [0.5, 0.6) is 0 Å². The van der Waals surface area contributed by atoms with E-state index in [1.54, 1.807) is 6.33 Å². The van der Waals surface area contributed by atoms with Gasteiger partial charge < -0.3 is 18.7 Å². The fourth-order valence-electron chi connectivity index (χ4n) is 2.76. The molecule has 2 aromatic heterocycles. The zero-order valence-electron chi connectivity index (χ0n) is 14.5. The molecule has 9 heteroatoms. The molecule has 3 heterocycles. The first-order valence-electron chi connectivity index (χ1n) is 8.01. The molecule has 26 heavy (non-hydrogen) atoms. The standard InChI is InChI=1S/C17H17IN8/c1-17(2,8-19)26-12-6-4-5-11(10(12)7-18-26)23-16-24-14(20-3)13-15(25-16)22-9-21-13/h4-7,9H,1-3H3,(H3,20,21,22,23,24,25). The minimum absolute atomic E-state index is 0.398. The summed E-state index contributed by atoms with van der Waals surface area (Å²) in [6.45, 7) is 3.90. The summed E-state index contributed by atoms with van der Waals surface area (Å²) >= 11 is -0.398. The van der Waals surface area contributed by atoms with Crippen LogP contribution in [0, 0.1) is 11.3 Å². The van der Waals surface area contributed by atoms with Gasteiger partial charge in [-0.15, -0.1) is 0 Å². The molecule has 8 nitrogen and oxygen atoms in total. The van der Waals surface area contributed by atoms with Gasteiger partial charge in [-0.1, -0.05) is 6.07 Å². The molecule has 0 radical (unpaired) electrons. The molecule has 1 aromatic carbocycles. The molecule has 1 aliphatic rings. The molecule has 0 amide bonds. The summed E-state index contributed by atoms with van der Waals surface area (Å²) in [5, 5.41) is 15.9. The Labute approximate surface area is 160 Å². The highest BCUT2D eigenvalue weighted by Crippen LogP contribution is 2.41. The Morgan fingerprint density at radius 3 is 2.92 bits per heavy atom. The van der Waals surface area contributed by atoms with Crippen molar-refractivity contribution in [1.82, 2.24) is 19.9 Å². The fourth-order valence-corrected chi connectivity index (χ4v) is 5.49. The Hall–Kier alpha value is -2.74. The number of H-pyrrole nitrogens is 1. The maximum Gasteiger partial charge on any atom is 0.231 e. The molecule has 0 spiro atoms. The van der Waals surface area contributed by atoms with E-state index in [1.165, 1.54) is 0 Å². The van der Waals surface area contributed by atoms with Gasteiger partial charge in [0.25, 0.3) is 0 Å². The van der Waals surface area contributed by atoms with Gasteiger partial charge in [-0.05, 0) is 30.0 Å². The molecule has 0 saturated heterocycles. The molecule has 0 fully saturated rings. The molecule has 132 valence electrons. The van der Waals surface area contributed by atoms with Gasteiger partial charge in [-0.3, -0.25) is 0 Å². The molecule has 0 atom stereocenters. The SMILES string of the molecule is CNc1nc(Nc2cccc3c2C=IN3C(C)(C)C#N)nc2nc[nH]c12. The predicted molar refractivity (Wildman–Crippen MR) is 112 cm³/mol. The Morgan fingerprint density at radius 1 is 1.31 bits per heavy atom. The van der Waals surface area contributed by atoms with Gasteiger partial charge >= 0.3 is 0 Å². The average Bonchev–Trinajstić information content (AvgIpc) is 3.28. The monoisotopic (exact) mass is 460 g/mol. The van der Waals surface area contributed by atoms with E-state index in [0.29, 0.717) is 17.4 Å². The predicted octanol–water partition coefficient (Wildman–Crippen LogP) is 3.30. The summed E-state index contributed by atoms with van der Waals surface area (Å²) in [6.07, 6.45) is 1.60. The van der Waals surface area contributed by atoms with E-state index < -0.39 is 26.5 Å². The molecule has 0 saturated carbocycles. The second kappa shape index (κ2) is 6.21. The van der Waals surface area contributed by atoms with Crippen LogP contribution in [0.4, 0.5) is 23.1 Å². The lowest BCUT2D eigenvalue weighted by atomic mass is 10.1. The number of halogens is 1. The molecule has 3 aromatic rings. The number of nitriles is 1. The van der Waals surface area contributed by atoms with Crippen molar-refractivity contribution in [2.24, 2.45) is 0 Å². The van der Waals surface area contributed by atoms with Crippen molar-refractivity contribution >= 4 is 59.3 Å². The number of fused-ring (bicyclic) bond motifs is 2. The van der Waals surface area contributed by atoms with Crippen molar-refractivity contribution in [2.45, 2.75) is 19.4 Å². The molecular formula is C17H17IN8. The first-order chi connectivity index (χ1) is 12.5. The second-order valence-corrected chi connectivity index (χ2v) is 8.41. The largest absolute Gasteiger partial charge is 0.371 e. The number of nitrogens with one attached hydrogen (secondary N) is 3. The van der Waals surface area contributed by atoms with Crippen molar-refractivity contribution < 1.29 is 0 Å². The van der Waals surface area contributed by atoms with E-state index in [4.69, 9.17) is 0 Å². The van der Waals surface area contributed by atoms with Gasteiger partial charge in [-0.25, -0.2) is 4.98 Å². The lowest BCUT2D eigenvalue weighted by molar-refractivity contribution is 0.692. The zero-order chi connectivity index (χ0) is 18.3. The van der Waals surface area contributed by atoms with Crippen LogP contribution >= 0.6 is 21.0 Å². The Bertz CT molecular complexity index is 1060. The maximum atomic E-state index is 9.48. The number of rotatable bonds is 4. The van der Waals surface area contributed by atoms with Crippen LogP contribution in [-0.4, -0.2) is 36.5 Å². The number of hydrogen-bond acceptors (Lipinski definition) is 7. The first-order valence-corrected chi connectivity index (χ1v) is 10.2. The highest BCUT2D eigenvalue weighted by atomic mass is 127.